The number of nitrogens with one attached hydrogen (secondary N) is 1. The van der Waals surface area contributed by atoms with Crippen LogP contribution in [0.3, 0.4) is 0 Å². The Balaban J connectivity index is 1.32. The van der Waals surface area contributed by atoms with Gasteiger partial charge in [-0.1, -0.05) is 25.3 Å². The molecule has 1 aromatic heterocycles. The van der Waals surface area contributed by atoms with E-state index in [0.717, 1.165) is 23.5 Å². The Bertz CT molecular complexity index is 1710. The maximum absolute atomic E-state index is 13.7. The van der Waals surface area contributed by atoms with Gasteiger partial charge in [-0.3, -0.25) is 4.79 Å². The first kappa shape index (κ1) is 30.5. The lowest BCUT2D eigenvalue weighted by Crippen LogP contribution is -2.53. The summed E-state index contributed by atoms with van der Waals surface area (Å²) in [5.41, 5.74) is 10.8. The van der Waals surface area contributed by atoms with Crippen LogP contribution in [0.25, 0.3) is 10.9 Å². The summed E-state index contributed by atoms with van der Waals surface area (Å²) < 4.78 is 19.0. The predicted octanol–water partition coefficient (Wildman–Crippen LogP) is 6.60. The van der Waals surface area contributed by atoms with Crippen molar-refractivity contribution in [3.8, 4) is 0 Å². The van der Waals surface area contributed by atoms with Gasteiger partial charge in [0, 0.05) is 28.2 Å². The molecular formula is C36H42N4O5. The summed E-state index contributed by atoms with van der Waals surface area (Å²) in [4.78, 5) is 30.0. The molecule has 236 valence electrons. The van der Waals surface area contributed by atoms with Crippen LogP contribution in [0, 0.1) is 0 Å². The van der Waals surface area contributed by atoms with Gasteiger partial charge >= 0.3 is 5.97 Å². The molecule has 1 fully saturated rings. The van der Waals surface area contributed by atoms with Gasteiger partial charge in [0.25, 0.3) is 5.91 Å². The van der Waals surface area contributed by atoms with E-state index in [9.17, 15) is 9.59 Å². The van der Waals surface area contributed by atoms with Crippen LogP contribution in [0.5, 0.6) is 0 Å². The summed E-state index contributed by atoms with van der Waals surface area (Å²) in [6.07, 6.45) is 11.1. The number of amidine groups is 1. The lowest BCUT2D eigenvalue weighted by molar-refractivity contribution is 0.0600. The number of methoxy groups -OCH3 is 2. The van der Waals surface area contributed by atoms with E-state index in [2.05, 4.69) is 27.0 Å². The van der Waals surface area contributed by atoms with E-state index >= 15 is 0 Å². The normalized spacial score (nSPS) is 18.9. The van der Waals surface area contributed by atoms with Gasteiger partial charge in [0.05, 0.1) is 43.5 Å². The lowest BCUT2D eigenvalue weighted by Gasteiger charge is -2.27. The predicted molar refractivity (Wildman–Crippen MR) is 175 cm³/mol. The van der Waals surface area contributed by atoms with Gasteiger partial charge in [0.2, 0.25) is 0 Å². The lowest BCUT2D eigenvalue weighted by atomic mass is 9.79. The molecule has 2 aromatic carbocycles. The summed E-state index contributed by atoms with van der Waals surface area (Å²) in [5, 5.41) is 4.31. The van der Waals surface area contributed by atoms with Crippen LogP contribution in [0.1, 0.15) is 96.2 Å². The number of aliphatic imine (C=N–C) groups is 1. The van der Waals surface area contributed by atoms with E-state index in [0.29, 0.717) is 35.9 Å². The van der Waals surface area contributed by atoms with E-state index in [-0.39, 0.29) is 17.7 Å². The highest BCUT2D eigenvalue weighted by Gasteiger charge is 2.35. The number of esters is 1. The first-order valence-electron chi connectivity index (χ1n) is 15.8. The second-order valence-electron chi connectivity index (χ2n) is 12.6. The minimum Gasteiger partial charge on any atom is -0.497 e. The van der Waals surface area contributed by atoms with Crippen LogP contribution in [0.2, 0.25) is 0 Å². The van der Waals surface area contributed by atoms with Crippen molar-refractivity contribution in [2.75, 3.05) is 20.8 Å². The van der Waals surface area contributed by atoms with Crippen molar-refractivity contribution in [1.82, 2.24) is 9.88 Å². The van der Waals surface area contributed by atoms with Gasteiger partial charge in [-0.25, -0.2) is 9.79 Å². The maximum Gasteiger partial charge on any atom is 0.337 e. The maximum atomic E-state index is 13.7. The molecule has 2 aliphatic carbocycles. The van der Waals surface area contributed by atoms with Crippen LogP contribution in [-0.2, 0) is 20.8 Å². The van der Waals surface area contributed by atoms with Crippen LogP contribution < -0.4 is 11.1 Å². The molecule has 9 heteroatoms. The molecule has 3 aromatic rings. The molecular weight excluding hydrogens is 568 g/mol. The Labute approximate surface area is 264 Å². The third-order valence-corrected chi connectivity index (χ3v) is 9.36. The summed E-state index contributed by atoms with van der Waals surface area (Å²) in [7, 11) is 3.03. The van der Waals surface area contributed by atoms with Gasteiger partial charge in [-0.05, 0) is 87.1 Å². The topological polar surface area (TPSA) is 117 Å². The molecule has 45 heavy (non-hydrogen) atoms. The van der Waals surface area contributed by atoms with Crippen molar-refractivity contribution in [3.05, 3.63) is 88.5 Å². The summed E-state index contributed by atoms with van der Waals surface area (Å²) >= 11 is 0. The number of carbonyl (C=O) groups is 2. The molecule has 0 spiro atoms. The average Bonchev–Trinajstić information content (AvgIpc) is 3.25. The first-order chi connectivity index (χ1) is 21.7. The number of nitrogens with zero attached hydrogens (tertiary/aromatic N) is 2. The van der Waals surface area contributed by atoms with Crippen molar-refractivity contribution < 1.29 is 23.8 Å². The number of allylic oxidation sites excluding steroid dienone is 3. The number of fused-ring (bicyclic) bond motifs is 5. The number of hydrogen-bond acceptors (Lipinski definition) is 6. The van der Waals surface area contributed by atoms with E-state index in [1.165, 1.54) is 55.9 Å². The molecule has 1 amide bonds. The molecule has 0 bridgehead atoms. The first-order valence-corrected chi connectivity index (χ1v) is 15.8. The smallest absolute Gasteiger partial charge is 0.337 e. The fourth-order valence-electron chi connectivity index (χ4n) is 6.90. The number of amides is 1. The van der Waals surface area contributed by atoms with Crippen molar-refractivity contribution in [1.29, 1.82) is 0 Å². The fraction of sp³-hybridized carbons (Fsp3) is 0.417. The fourth-order valence-corrected chi connectivity index (χ4v) is 6.90. The monoisotopic (exact) mass is 610 g/mol. The average molecular weight is 611 g/mol. The SMILES string of the molecule is COC(=O)c1ccc(N=C(N)C(C)(C)NC(=O)c2ccc3c(C4CCCCC4)c4n(c3c2)CCOC2=CC(OC)=CCC24)cc1. The van der Waals surface area contributed by atoms with Crippen molar-refractivity contribution in [2.24, 2.45) is 10.7 Å². The Kier molecular flexibility index (Phi) is 8.44. The van der Waals surface area contributed by atoms with E-state index in [1.54, 1.807) is 31.4 Å². The number of ether oxygens (including phenoxy) is 3. The number of benzene rings is 2. The zero-order valence-corrected chi connectivity index (χ0v) is 26.5. The second-order valence-corrected chi connectivity index (χ2v) is 12.6. The quantitative estimate of drug-likeness (QED) is 0.177. The largest absolute Gasteiger partial charge is 0.497 e. The van der Waals surface area contributed by atoms with Crippen molar-refractivity contribution in [3.63, 3.8) is 0 Å². The van der Waals surface area contributed by atoms with Crippen molar-refractivity contribution >= 4 is 34.3 Å². The summed E-state index contributed by atoms with van der Waals surface area (Å²) in [6.45, 7) is 4.91. The zero-order chi connectivity index (χ0) is 31.7. The van der Waals surface area contributed by atoms with Crippen LogP contribution in [0.4, 0.5) is 5.69 Å². The highest BCUT2D eigenvalue weighted by Crippen LogP contribution is 2.47. The number of hydrogen-bond donors (Lipinski definition) is 2. The molecule has 1 unspecified atom stereocenters. The zero-order valence-electron chi connectivity index (χ0n) is 26.5. The molecule has 9 nitrogen and oxygen atoms in total. The standard InChI is InChI=1S/C36H42N4O5/c1-36(2,35(37)38-25-13-10-23(11-14-25)34(42)44-4)39-33(41)24-12-16-27-29(20-24)40-18-19-45-30-21-26(43-3)15-17-28(30)32(40)31(27)22-8-6-5-7-9-22/h10-16,20-22,28H,5-9,17-19H2,1-4H3,(H2,37,38)(H,39,41). The summed E-state index contributed by atoms with van der Waals surface area (Å²) in [5.74, 6) is 2.00. The van der Waals surface area contributed by atoms with Gasteiger partial charge in [0.15, 0.2) is 0 Å². The minimum absolute atomic E-state index is 0.115. The number of carbonyl (C=O) groups excluding carboxylic acids is 2. The number of nitrogens with two attached hydrogens (primary N) is 1. The summed E-state index contributed by atoms with van der Waals surface area (Å²) in [6, 6.07) is 12.7. The van der Waals surface area contributed by atoms with Crippen LogP contribution in [0.15, 0.2) is 71.1 Å². The molecule has 1 atom stereocenters. The third kappa shape index (κ3) is 5.95. The third-order valence-electron chi connectivity index (χ3n) is 9.36. The Morgan fingerprint density at radius 2 is 1.78 bits per heavy atom. The van der Waals surface area contributed by atoms with Crippen LogP contribution in [-0.4, -0.2) is 48.6 Å². The minimum atomic E-state index is -0.933. The molecule has 6 rings (SSSR count). The van der Waals surface area contributed by atoms with Gasteiger partial charge in [-0.2, -0.15) is 0 Å². The molecule has 0 saturated heterocycles. The van der Waals surface area contributed by atoms with E-state index in [4.69, 9.17) is 19.9 Å². The Morgan fingerprint density at radius 1 is 1.04 bits per heavy atom. The van der Waals surface area contributed by atoms with E-state index in [1.807, 2.05) is 32.1 Å². The number of rotatable bonds is 7. The second kappa shape index (κ2) is 12.5. The van der Waals surface area contributed by atoms with Gasteiger partial charge in [-0.15, -0.1) is 0 Å². The van der Waals surface area contributed by atoms with Gasteiger partial charge in [0.1, 0.15) is 24.0 Å². The Hall–Kier alpha value is -4.53. The molecule has 2 heterocycles. The molecule has 1 saturated carbocycles. The molecule has 0 radical (unpaired) electrons. The highest BCUT2D eigenvalue weighted by atomic mass is 16.5. The van der Waals surface area contributed by atoms with E-state index < -0.39 is 11.5 Å². The number of aromatic nitrogens is 1. The molecule has 3 N–H and O–H groups in total. The molecule has 3 aliphatic rings. The highest BCUT2D eigenvalue weighted by molar-refractivity contribution is 6.03. The van der Waals surface area contributed by atoms with Gasteiger partial charge < -0.3 is 29.8 Å². The Morgan fingerprint density at radius 3 is 2.49 bits per heavy atom. The van der Waals surface area contributed by atoms with Crippen LogP contribution >= 0.6 is 0 Å². The molecule has 1 aliphatic heterocycles. The van der Waals surface area contributed by atoms with Crippen molar-refractivity contribution in [2.45, 2.75) is 76.3 Å².